The molecule has 1 aliphatic carbocycles. The van der Waals surface area contributed by atoms with E-state index >= 15 is 0 Å². The van der Waals surface area contributed by atoms with Gasteiger partial charge in [0.15, 0.2) is 11.5 Å². The Hall–Kier alpha value is -2.27. The van der Waals surface area contributed by atoms with E-state index in [0.29, 0.717) is 12.6 Å². The molecule has 0 saturated heterocycles. The molecule has 2 aromatic rings. The molecule has 0 spiro atoms. The summed E-state index contributed by atoms with van der Waals surface area (Å²) in [7, 11) is 0. The number of ether oxygens (including phenoxy) is 2. The standard InChI is InChI=1S/C18H17NO3S/c20-18(19(14-5-6-14)11-15-2-1-9-23-15)8-4-13-3-7-16-17(10-13)22-12-21-16/h1-4,7-10,14H,5-6,11-12H2. The molecule has 0 unspecified atom stereocenters. The molecule has 1 fully saturated rings. The molecule has 1 amide bonds. The maximum atomic E-state index is 12.5. The quantitative estimate of drug-likeness (QED) is 0.786. The molecule has 5 heteroatoms. The largest absolute Gasteiger partial charge is 0.454 e. The van der Waals surface area contributed by atoms with Crippen molar-refractivity contribution in [2.24, 2.45) is 0 Å². The van der Waals surface area contributed by atoms with Crippen molar-refractivity contribution in [1.29, 1.82) is 0 Å². The smallest absolute Gasteiger partial charge is 0.247 e. The average molecular weight is 327 g/mol. The van der Waals surface area contributed by atoms with E-state index in [1.54, 1.807) is 17.4 Å². The van der Waals surface area contributed by atoms with Crippen LogP contribution in [0.1, 0.15) is 23.3 Å². The molecule has 1 aromatic heterocycles. The number of carbonyl (C=O) groups is 1. The van der Waals surface area contributed by atoms with E-state index in [0.717, 1.165) is 29.9 Å². The highest BCUT2D eigenvalue weighted by Gasteiger charge is 2.31. The Morgan fingerprint density at radius 3 is 2.91 bits per heavy atom. The third-order valence-corrected chi connectivity index (χ3v) is 4.85. The minimum Gasteiger partial charge on any atom is -0.454 e. The summed E-state index contributed by atoms with van der Waals surface area (Å²) in [6.45, 7) is 0.963. The highest BCUT2D eigenvalue weighted by atomic mass is 32.1. The van der Waals surface area contributed by atoms with Crippen molar-refractivity contribution in [1.82, 2.24) is 4.90 Å². The van der Waals surface area contributed by atoms with Gasteiger partial charge in [-0.3, -0.25) is 4.79 Å². The fourth-order valence-corrected chi connectivity index (χ4v) is 3.33. The van der Waals surface area contributed by atoms with Gasteiger partial charge in [0.2, 0.25) is 12.7 Å². The van der Waals surface area contributed by atoms with Crippen LogP contribution in [0.25, 0.3) is 6.08 Å². The van der Waals surface area contributed by atoms with Gasteiger partial charge in [-0.25, -0.2) is 0 Å². The van der Waals surface area contributed by atoms with Crippen molar-refractivity contribution in [3.05, 3.63) is 52.2 Å². The number of hydrogen-bond acceptors (Lipinski definition) is 4. The number of rotatable bonds is 5. The van der Waals surface area contributed by atoms with Gasteiger partial charge in [0.1, 0.15) is 0 Å². The molecule has 0 atom stereocenters. The van der Waals surface area contributed by atoms with Crippen molar-refractivity contribution in [3.8, 4) is 11.5 Å². The first kappa shape index (κ1) is 14.3. The van der Waals surface area contributed by atoms with Crippen LogP contribution in [0.2, 0.25) is 0 Å². The predicted molar refractivity (Wildman–Crippen MR) is 89.5 cm³/mol. The lowest BCUT2D eigenvalue weighted by atomic mass is 10.2. The Bertz CT molecular complexity index is 735. The zero-order valence-corrected chi connectivity index (χ0v) is 13.4. The first-order valence-corrected chi connectivity index (χ1v) is 8.58. The summed E-state index contributed by atoms with van der Waals surface area (Å²) in [4.78, 5) is 15.7. The fourth-order valence-electron chi connectivity index (χ4n) is 2.62. The zero-order chi connectivity index (χ0) is 15.6. The van der Waals surface area contributed by atoms with E-state index in [-0.39, 0.29) is 12.7 Å². The molecule has 2 heterocycles. The summed E-state index contributed by atoms with van der Waals surface area (Å²) >= 11 is 1.69. The Kier molecular flexibility index (Phi) is 3.79. The molecule has 4 rings (SSSR count). The summed E-state index contributed by atoms with van der Waals surface area (Å²) in [6, 6.07) is 10.2. The van der Waals surface area contributed by atoms with Gasteiger partial charge in [-0.15, -0.1) is 11.3 Å². The summed E-state index contributed by atoms with van der Waals surface area (Å²) in [5.74, 6) is 1.56. The molecule has 118 valence electrons. The van der Waals surface area contributed by atoms with Crippen LogP contribution < -0.4 is 9.47 Å². The zero-order valence-electron chi connectivity index (χ0n) is 12.6. The second-order valence-electron chi connectivity index (χ2n) is 5.72. The molecule has 1 aliphatic heterocycles. The van der Waals surface area contributed by atoms with E-state index in [9.17, 15) is 4.79 Å². The maximum Gasteiger partial charge on any atom is 0.247 e. The van der Waals surface area contributed by atoms with E-state index in [2.05, 4.69) is 6.07 Å². The molecular weight excluding hydrogens is 310 g/mol. The Labute approximate surface area is 138 Å². The number of carbonyl (C=O) groups excluding carboxylic acids is 1. The van der Waals surface area contributed by atoms with Crippen LogP contribution in [0.15, 0.2) is 41.8 Å². The summed E-state index contributed by atoms with van der Waals surface area (Å²) in [5, 5.41) is 2.05. The van der Waals surface area contributed by atoms with Gasteiger partial charge in [0.25, 0.3) is 0 Å². The summed E-state index contributed by atoms with van der Waals surface area (Å²) < 4.78 is 10.7. The predicted octanol–water partition coefficient (Wildman–Crippen LogP) is 3.68. The molecule has 0 radical (unpaired) electrons. The first-order valence-electron chi connectivity index (χ1n) is 7.70. The minimum absolute atomic E-state index is 0.0681. The Morgan fingerprint density at radius 2 is 2.13 bits per heavy atom. The molecule has 1 saturated carbocycles. The molecule has 0 N–H and O–H groups in total. The normalized spacial score (nSPS) is 16.0. The SMILES string of the molecule is O=C(C=Cc1ccc2c(c1)OCO2)N(Cc1cccs1)C1CC1. The van der Waals surface area contributed by atoms with Gasteiger partial charge in [-0.05, 0) is 48.1 Å². The van der Waals surface area contributed by atoms with E-state index in [4.69, 9.17) is 9.47 Å². The molecule has 23 heavy (non-hydrogen) atoms. The minimum atomic E-state index is 0.0681. The van der Waals surface area contributed by atoms with Crippen molar-refractivity contribution in [2.75, 3.05) is 6.79 Å². The first-order chi connectivity index (χ1) is 11.3. The van der Waals surface area contributed by atoms with E-state index in [1.165, 1.54) is 4.88 Å². The van der Waals surface area contributed by atoms with Gasteiger partial charge in [-0.1, -0.05) is 12.1 Å². The van der Waals surface area contributed by atoms with Crippen LogP contribution in [0.4, 0.5) is 0 Å². The van der Waals surface area contributed by atoms with Crippen LogP contribution in [-0.4, -0.2) is 23.6 Å². The molecule has 1 aromatic carbocycles. The van der Waals surface area contributed by atoms with Crippen LogP contribution in [0.3, 0.4) is 0 Å². The molecule has 2 aliphatic rings. The topological polar surface area (TPSA) is 38.8 Å². The van der Waals surface area contributed by atoms with Gasteiger partial charge in [0, 0.05) is 17.0 Å². The van der Waals surface area contributed by atoms with Crippen LogP contribution in [0, 0.1) is 0 Å². The van der Waals surface area contributed by atoms with Crippen molar-refractivity contribution < 1.29 is 14.3 Å². The van der Waals surface area contributed by atoms with Crippen LogP contribution >= 0.6 is 11.3 Å². The fraction of sp³-hybridized carbons (Fsp3) is 0.278. The third-order valence-electron chi connectivity index (χ3n) is 3.99. The average Bonchev–Trinajstić information content (AvgIpc) is 3.08. The molecular formula is C18H17NO3S. The van der Waals surface area contributed by atoms with E-state index < -0.39 is 0 Å². The second kappa shape index (κ2) is 6.08. The lowest BCUT2D eigenvalue weighted by Gasteiger charge is -2.19. The monoisotopic (exact) mass is 327 g/mol. The van der Waals surface area contributed by atoms with Gasteiger partial charge in [-0.2, -0.15) is 0 Å². The lowest BCUT2D eigenvalue weighted by molar-refractivity contribution is -0.127. The van der Waals surface area contributed by atoms with Gasteiger partial charge < -0.3 is 14.4 Å². The van der Waals surface area contributed by atoms with Crippen molar-refractivity contribution >= 4 is 23.3 Å². The maximum absolute atomic E-state index is 12.5. The number of benzene rings is 1. The Morgan fingerprint density at radius 1 is 1.26 bits per heavy atom. The number of nitrogens with zero attached hydrogens (tertiary/aromatic N) is 1. The van der Waals surface area contributed by atoms with Crippen LogP contribution in [-0.2, 0) is 11.3 Å². The van der Waals surface area contributed by atoms with Crippen molar-refractivity contribution in [3.63, 3.8) is 0 Å². The van der Waals surface area contributed by atoms with Gasteiger partial charge in [0.05, 0.1) is 6.54 Å². The second-order valence-corrected chi connectivity index (χ2v) is 6.75. The number of amides is 1. The highest BCUT2D eigenvalue weighted by molar-refractivity contribution is 7.09. The highest BCUT2D eigenvalue weighted by Crippen LogP contribution is 2.33. The number of thiophene rings is 1. The van der Waals surface area contributed by atoms with Crippen molar-refractivity contribution in [2.45, 2.75) is 25.4 Å². The Balaban J connectivity index is 1.46. The number of fused-ring (bicyclic) bond motifs is 1. The summed E-state index contributed by atoms with van der Waals surface area (Å²) in [5.41, 5.74) is 0.939. The number of hydrogen-bond donors (Lipinski definition) is 0. The van der Waals surface area contributed by atoms with Crippen LogP contribution in [0.5, 0.6) is 11.5 Å². The molecule has 0 bridgehead atoms. The van der Waals surface area contributed by atoms with E-state index in [1.807, 2.05) is 40.6 Å². The summed E-state index contributed by atoms with van der Waals surface area (Å²) in [6.07, 6.45) is 5.71. The molecule has 4 nitrogen and oxygen atoms in total. The lowest BCUT2D eigenvalue weighted by Crippen LogP contribution is -2.30. The van der Waals surface area contributed by atoms with Gasteiger partial charge >= 0.3 is 0 Å². The third kappa shape index (κ3) is 3.24.